The van der Waals surface area contributed by atoms with Crippen molar-refractivity contribution in [2.75, 3.05) is 7.11 Å². The fourth-order valence-corrected chi connectivity index (χ4v) is 3.51. The molecule has 0 unspecified atom stereocenters. The number of nitrogens with zero attached hydrogens (tertiary/aromatic N) is 1. The van der Waals surface area contributed by atoms with Gasteiger partial charge in [-0.25, -0.2) is 4.98 Å². The van der Waals surface area contributed by atoms with E-state index in [2.05, 4.69) is 27.6 Å². The topological polar surface area (TPSA) is 55.0 Å². The van der Waals surface area contributed by atoms with Gasteiger partial charge in [-0.2, -0.15) is 0 Å². The Bertz CT molecular complexity index is 691. The molecule has 0 aliphatic heterocycles. The summed E-state index contributed by atoms with van der Waals surface area (Å²) in [6.45, 7) is 0. The Hall–Kier alpha value is -1.21. The van der Waals surface area contributed by atoms with Crippen molar-refractivity contribution in [3.63, 3.8) is 0 Å². The quantitative estimate of drug-likeness (QED) is 0.809. The van der Waals surface area contributed by atoms with Crippen LogP contribution in [-0.2, 0) is 10.3 Å². The Labute approximate surface area is 137 Å². The number of methoxy groups -OCH3 is 1. The molecule has 0 radical (unpaired) electrons. The normalized spacial score (nSPS) is 17.0. The standard InChI is InChI=1S/C16H17IN2O2/c1-21-16(9-5-6-10-16)15-18-13(12(17)14(20)19-15)11-7-3-2-4-8-11/h2-4,7-8H,5-6,9-10H2,1H3,(H,18,19,20). The highest BCUT2D eigenvalue weighted by atomic mass is 127. The maximum absolute atomic E-state index is 12.3. The van der Waals surface area contributed by atoms with Crippen LogP contribution in [0.15, 0.2) is 35.1 Å². The second-order valence-electron chi connectivity index (χ2n) is 5.35. The van der Waals surface area contributed by atoms with Gasteiger partial charge in [0, 0.05) is 12.7 Å². The lowest BCUT2D eigenvalue weighted by Gasteiger charge is -2.26. The summed E-state index contributed by atoms with van der Waals surface area (Å²) in [5.41, 5.74) is 1.16. The van der Waals surface area contributed by atoms with Crippen molar-refractivity contribution in [2.24, 2.45) is 0 Å². The molecule has 1 aromatic heterocycles. The van der Waals surface area contributed by atoms with Crippen LogP contribution in [0.1, 0.15) is 31.5 Å². The molecule has 3 rings (SSSR count). The van der Waals surface area contributed by atoms with E-state index in [4.69, 9.17) is 9.72 Å². The smallest absolute Gasteiger partial charge is 0.265 e. The third-order valence-electron chi connectivity index (χ3n) is 4.14. The van der Waals surface area contributed by atoms with E-state index in [-0.39, 0.29) is 5.56 Å². The number of aromatic nitrogens is 2. The molecule has 1 aromatic carbocycles. The van der Waals surface area contributed by atoms with E-state index >= 15 is 0 Å². The van der Waals surface area contributed by atoms with Crippen LogP contribution in [-0.4, -0.2) is 17.1 Å². The molecule has 110 valence electrons. The largest absolute Gasteiger partial charge is 0.370 e. The van der Waals surface area contributed by atoms with Crippen molar-refractivity contribution >= 4 is 22.6 Å². The second-order valence-corrected chi connectivity index (χ2v) is 6.43. The number of nitrogens with one attached hydrogen (secondary N) is 1. The van der Waals surface area contributed by atoms with Crippen LogP contribution >= 0.6 is 22.6 Å². The van der Waals surface area contributed by atoms with Crippen LogP contribution in [0, 0.1) is 3.57 Å². The van der Waals surface area contributed by atoms with Gasteiger partial charge in [0.2, 0.25) is 0 Å². The van der Waals surface area contributed by atoms with E-state index in [9.17, 15) is 4.79 Å². The molecule has 1 aliphatic carbocycles. The minimum Gasteiger partial charge on any atom is -0.370 e. The van der Waals surface area contributed by atoms with Gasteiger partial charge in [-0.1, -0.05) is 30.3 Å². The molecule has 1 saturated carbocycles. The molecule has 4 nitrogen and oxygen atoms in total. The molecule has 0 atom stereocenters. The number of rotatable bonds is 3. The highest BCUT2D eigenvalue weighted by Gasteiger charge is 2.38. The van der Waals surface area contributed by atoms with Crippen LogP contribution in [0.3, 0.4) is 0 Å². The Morgan fingerprint density at radius 1 is 1.24 bits per heavy atom. The zero-order valence-corrected chi connectivity index (χ0v) is 14.0. The first-order valence-electron chi connectivity index (χ1n) is 7.07. The van der Waals surface area contributed by atoms with Crippen molar-refractivity contribution in [2.45, 2.75) is 31.3 Å². The number of H-pyrrole nitrogens is 1. The number of halogens is 1. The predicted molar refractivity (Wildman–Crippen MR) is 90.2 cm³/mol. The summed E-state index contributed by atoms with van der Waals surface area (Å²) in [5.74, 6) is 0.659. The Morgan fingerprint density at radius 3 is 2.52 bits per heavy atom. The van der Waals surface area contributed by atoms with E-state index in [1.165, 1.54) is 0 Å². The van der Waals surface area contributed by atoms with Gasteiger partial charge in [-0.15, -0.1) is 0 Å². The van der Waals surface area contributed by atoms with Gasteiger partial charge in [0.25, 0.3) is 5.56 Å². The molecular formula is C16H17IN2O2. The summed E-state index contributed by atoms with van der Waals surface area (Å²) in [4.78, 5) is 20.0. The molecule has 1 fully saturated rings. The van der Waals surface area contributed by atoms with Crippen molar-refractivity contribution < 1.29 is 4.74 Å². The SMILES string of the molecule is COC1(c2nc(-c3ccccc3)c(I)c(=O)[nH]2)CCCC1. The Balaban J connectivity index is 2.17. The zero-order chi connectivity index (χ0) is 14.9. The molecule has 1 N–H and O–H groups in total. The third-order valence-corrected chi connectivity index (χ3v) is 5.14. The van der Waals surface area contributed by atoms with Gasteiger partial charge in [-0.05, 0) is 48.3 Å². The monoisotopic (exact) mass is 396 g/mol. The Kier molecular flexibility index (Phi) is 4.12. The fourth-order valence-electron chi connectivity index (χ4n) is 2.95. The van der Waals surface area contributed by atoms with Crippen molar-refractivity contribution in [3.05, 3.63) is 50.1 Å². The van der Waals surface area contributed by atoms with Crippen molar-refractivity contribution in [3.8, 4) is 11.3 Å². The van der Waals surface area contributed by atoms with Crippen molar-refractivity contribution in [1.29, 1.82) is 0 Å². The average Bonchev–Trinajstić information content (AvgIpc) is 3.01. The van der Waals surface area contributed by atoms with Crippen LogP contribution in [0.5, 0.6) is 0 Å². The summed E-state index contributed by atoms with van der Waals surface area (Å²) in [7, 11) is 1.70. The number of hydrogen-bond donors (Lipinski definition) is 1. The highest BCUT2D eigenvalue weighted by Crippen LogP contribution is 2.40. The summed E-state index contributed by atoms with van der Waals surface area (Å²) in [6.07, 6.45) is 4.01. The maximum atomic E-state index is 12.3. The molecule has 0 spiro atoms. The molecule has 0 amide bonds. The van der Waals surface area contributed by atoms with Gasteiger partial charge < -0.3 is 9.72 Å². The molecule has 0 bridgehead atoms. The number of aromatic amines is 1. The van der Waals surface area contributed by atoms with Gasteiger partial charge in [0.15, 0.2) is 0 Å². The maximum Gasteiger partial charge on any atom is 0.265 e. The van der Waals surface area contributed by atoms with Crippen LogP contribution in [0.25, 0.3) is 11.3 Å². The summed E-state index contributed by atoms with van der Waals surface area (Å²) in [5, 5.41) is 0. The highest BCUT2D eigenvalue weighted by molar-refractivity contribution is 14.1. The minimum atomic E-state index is -0.437. The summed E-state index contributed by atoms with van der Waals surface area (Å²) >= 11 is 2.06. The van der Waals surface area contributed by atoms with Crippen LogP contribution in [0.2, 0.25) is 0 Å². The van der Waals surface area contributed by atoms with Gasteiger partial charge >= 0.3 is 0 Å². The second kappa shape index (κ2) is 5.88. The minimum absolute atomic E-state index is 0.0946. The summed E-state index contributed by atoms with van der Waals surface area (Å²) < 4.78 is 6.35. The lowest BCUT2D eigenvalue weighted by molar-refractivity contribution is -0.0164. The zero-order valence-electron chi connectivity index (χ0n) is 11.9. The number of ether oxygens (including phenoxy) is 1. The third kappa shape index (κ3) is 2.64. The first kappa shape index (κ1) is 14.7. The van der Waals surface area contributed by atoms with Gasteiger partial charge in [0.1, 0.15) is 15.0 Å². The van der Waals surface area contributed by atoms with E-state index in [1.54, 1.807) is 7.11 Å². The molecule has 1 aliphatic rings. The molecule has 21 heavy (non-hydrogen) atoms. The molecule has 2 aromatic rings. The van der Waals surface area contributed by atoms with E-state index in [0.29, 0.717) is 9.39 Å². The molecular weight excluding hydrogens is 379 g/mol. The Morgan fingerprint density at radius 2 is 1.90 bits per heavy atom. The average molecular weight is 396 g/mol. The first-order valence-corrected chi connectivity index (χ1v) is 8.15. The molecule has 5 heteroatoms. The van der Waals surface area contributed by atoms with E-state index < -0.39 is 5.60 Å². The fraction of sp³-hybridized carbons (Fsp3) is 0.375. The van der Waals surface area contributed by atoms with Crippen LogP contribution < -0.4 is 5.56 Å². The molecule has 1 heterocycles. The lowest BCUT2D eigenvalue weighted by atomic mass is 10.0. The molecule has 0 saturated heterocycles. The van der Waals surface area contributed by atoms with E-state index in [0.717, 1.165) is 36.9 Å². The van der Waals surface area contributed by atoms with Crippen LogP contribution in [0.4, 0.5) is 0 Å². The number of hydrogen-bond acceptors (Lipinski definition) is 3. The lowest BCUT2D eigenvalue weighted by Crippen LogP contribution is -2.31. The predicted octanol–water partition coefficient (Wildman–Crippen LogP) is 3.46. The first-order chi connectivity index (χ1) is 10.2. The van der Waals surface area contributed by atoms with Gasteiger partial charge in [0.05, 0.1) is 5.69 Å². The number of benzene rings is 1. The van der Waals surface area contributed by atoms with E-state index in [1.807, 2.05) is 30.3 Å². The van der Waals surface area contributed by atoms with Crippen molar-refractivity contribution in [1.82, 2.24) is 9.97 Å². The summed E-state index contributed by atoms with van der Waals surface area (Å²) in [6, 6.07) is 9.81. The van der Waals surface area contributed by atoms with Gasteiger partial charge in [-0.3, -0.25) is 4.79 Å².